The van der Waals surface area contributed by atoms with Crippen LogP contribution in [0.1, 0.15) is 27.6 Å². The van der Waals surface area contributed by atoms with Crippen LogP contribution in [0, 0.1) is 5.82 Å². The first kappa shape index (κ1) is 15.2. The molecule has 0 radical (unpaired) electrons. The number of nitrogens with one attached hydrogen (secondary N) is 1. The second-order valence-electron chi connectivity index (χ2n) is 4.73. The summed E-state index contributed by atoms with van der Waals surface area (Å²) in [6.45, 7) is 0.487. The first-order valence-corrected chi connectivity index (χ1v) is 6.60. The van der Waals surface area contributed by atoms with E-state index in [1.807, 2.05) is 30.3 Å². The summed E-state index contributed by atoms with van der Waals surface area (Å²) in [5, 5.41) is 12.9. The molecule has 1 amide bonds. The lowest BCUT2D eigenvalue weighted by atomic mass is 10.1. The van der Waals surface area contributed by atoms with Gasteiger partial charge in [-0.25, -0.2) is 4.39 Å². The summed E-state index contributed by atoms with van der Waals surface area (Å²) in [4.78, 5) is 11.1. The van der Waals surface area contributed by atoms with Gasteiger partial charge in [0.1, 0.15) is 5.82 Å². The van der Waals surface area contributed by atoms with Crippen LogP contribution < -0.4 is 11.1 Å². The summed E-state index contributed by atoms with van der Waals surface area (Å²) >= 11 is 0. The first-order chi connectivity index (χ1) is 10.1. The Kier molecular flexibility index (Phi) is 5.03. The zero-order chi connectivity index (χ0) is 15.2. The van der Waals surface area contributed by atoms with Crippen molar-refractivity contribution in [3.63, 3.8) is 0 Å². The number of aliphatic hydroxyl groups is 1. The van der Waals surface area contributed by atoms with Crippen LogP contribution in [0.25, 0.3) is 0 Å². The van der Waals surface area contributed by atoms with E-state index in [4.69, 9.17) is 5.73 Å². The number of amides is 1. The molecule has 0 aliphatic carbocycles. The lowest BCUT2D eigenvalue weighted by molar-refractivity contribution is 0.1000. The van der Waals surface area contributed by atoms with Gasteiger partial charge in [-0.15, -0.1) is 0 Å². The largest absolute Gasteiger partial charge is 0.387 e. The van der Waals surface area contributed by atoms with E-state index in [-0.39, 0.29) is 18.7 Å². The molecular formula is C16H17FN2O2. The molecule has 0 aromatic heterocycles. The molecule has 0 aliphatic rings. The van der Waals surface area contributed by atoms with Gasteiger partial charge in [0.05, 0.1) is 6.10 Å². The average molecular weight is 288 g/mol. The molecule has 1 atom stereocenters. The Morgan fingerprint density at radius 1 is 1.24 bits per heavy atom. The van der Waals surface area contributed by atoms with Crippen LogP contribution in [0.2, 0.25) is 0 Å². The van der Waals surface area contributed by atoms with E-state index in [0.29, 0.717) is 5.56 Å². The van der Waals surface area contributed by atoms with Crippen LogP contribution in [0.15, 0.2) is 48.5 Å². The highest BCUT2D eigenvalue weighted by Crippen LogP contribution is 2.13. The topological polar surface area (TPSA) is 75.4 Å². The van der Waals surface area contributed by atoms with Crippen LogP contribution >= 0.6 is 0 Å². The maximum absolute atomic E-state index is 13.6. The summed E-state index contributed by atoms with van der Waals surface area (Å²) in [5.41, 5.74) is 6.55. The summed E-state index contributed by atoms with van der Waals surface area (Å²) in [6.07, 6.45) is -0.673. The molecule has 21 heavy (non-hydrogen) atoms. The van der Waals surface area contributed by atoms with Crippen molar-refractivity contribution in [2.45, 2.75) is 12.6 Å². The van der Waals surface area contributed by atoms with Gasteiger partial charge in [0, 0.05) is 24.2 Å². The molecule has 5 heteroatoms. The summed E-state index contributed by atoms with van der Waals surface area (Å²) in [5.74, 6) is -1.01. The molecule has 4 N–H and O–H groups in total. The third kappa shape index (κ3) is 4.11. The highest BCUT2D eigenvalue weighted by Gasteiger charge is 2.09. The molecule has 2 rings (SSSR count). The minimum atomic E-state index is -0.673. The molecule has 2 aromatic carbocycles. The van der Waals surface area contributed by atoms with E-state index in [9.17, 15) is 14.3 Å². The highest BCUT2D eigenvalue weighted by atomic mass is 19.1. The maximum Gasteiger partial charge on any atom is 0.248 e. The maximum atomic E-state index is 13.6. The lowest BCUT2D eigenvalue weighted by Crippen LogP contribution is -2.22. The third-order valence-electron chi connectivity index (χ3n) is 3.17. The van der Waals surface area contributed by atoms with Crippen molar-refractivity contribution >= 4 is 5.91 Å². The predicted molar refractivity (Wildman–Crippen MR) is 78.0 cm³/mol. The van der Waals surface area contributed by atoms with Gasteiger partial charge in [0.2, 0.25) is 5.91 Å². The summed E-state index contributed by atoms with van der Waals surface area (Å²) in [6, 6.07) is 13.2. The van der Waals surface area contributed by atoms with Crippen molar-refractivity contribution in [2.24, 2.45) is 5.73 Å². The van der Waals surface area contributed by atoms with E-state index < -0.39 is 17.8 Å². The van der Waals surface area contributed by atoms with Gasteiger partial charge in [-0.05, 0) is 23.8 Å². The molecule has 0 aliphatic heterocycles. The minimum Gasteiger partial charge on any atom is -0.387 e. The number of rotatable bonds is 6. The van der Waals surface area contributed by atoms with E-state index in [2.05, 4.69) is 5.32 Å². The summed E-state index contributed by atoms with van der Waals surface area (Å²) in [7, 11) is 0. The van der Waals surface area contributed by atoms with Crippen LogP contribution in [0.5, 0.6) is 0 Å². The van der Waals surface area contributed by atoms with E-state index in [1.54, 1.807) is 0 Å². The van der Waals surface area contributed by atoms with E-state index in [1.165, 1.54) is 18.2 Å². The van der Waals surface area contributed by atoms with Crippen LogP contribution in [-0.4, -0.2) is 17.6 Å². The molecule has 4 nitrogen and oxygen atoms in total. The van der Waals surface area contributed by atoms with Gasteiger partial charge >= 0.3 is 0 Å². The van der Waals surface area contributed by atoms with Crippen molar-refractivity contribution in [2.75, 3.05) is 6.54 Å². The standard InChI is InChI=1S/C16H17FN2O2/c17-14-7-6-12(16(18)21)8-13(14)9-19-10-15(20)11-4-2-1-3-5-11/h1-8,15,19-20H,9-10H2,(H2,18,21). The predicted octanol–water partition coefficient (Wildman–Crippen LogP) is 1.75. The Bertz CT molecular complexity index is 617. The van der Waals surface area contributed by atoms with Gasteiger partial charge in [-0.3, -0.25) is 4.79 Å². The molecule has 0 spiro atoms. The number of benzene rings is 2. The Morgan fingerprint density at radius 2 is 1.95 bits per heavy atom. The van der Waals surface area contributed by atoms with Crippen molar-refractivity contribution in [1.82, 2.24) is 5.32 Å². The van der Waals surface area contributed by atoms with Crippen LogP contribution in [-0.2, 0) is 6.54 Å². The van der Waals surface area contributed by atoms with E-state index in [0.717, 1.165) is 5.56 Å². The Labute approximate surface area is 122 Å². The minimum absolute atomic E-state index is 0.205. The molecule has 2 aromatic rings. The Balaban J connectivity index is 1.94. The van der Waals surface area contributed by atoms with Crippen molar-refractivity contribution < 1.29 is 14.3 Å². The fraction of sp³-hybridized carbons (Fsp3) is 0.188. The second kappa shape index (κ2) is 6.97. The molecule has 110 valence electrons. The zero-order valence-electron chi connectivity index (χ0n) is 11.4. The van der Waals surface area contributed by atoms with E-state index >= 15 is 0 Å². The fourth-order valence-electron chi connectivity index (χ4n) is 2.00. The quantitative estimate of drug-likeness (QED) is 0.758. The first-order valence-electron chi connectivity index (χ1n) is 6.60. The van der Waals surface area contributed by atoms with Gasteiger partial charge in [0.25, 0.3) is 0 Å². The normalized spacial score (nSPS) is 12.1. The number of carbonyl (C=O) groups is 1. The molecule has 0 heterocycles. The van der Waals surface area contributed by atoms with Gasteiger partial charge in [-0.1, -0.05) is 30.3 Å². The number of halogens is 1. The number of aliphatic hydroxyl groups excluding tert-OH is 1. The number of hydrogen-bond acceptors (Lipinski definition) is 3. The molecule has 1 unspecified atom stereocenters. The average Bonchev–Trinajstić information content (AvgIpc) is 2.49. The van der Waals surface area contributed by atoms with Gasteiger partial charge < -0.3 is 16.2 Å². The van der Waals surface area contributed by atoms with Crippen molar-refractivity contribution in [3.05, 3.63) is 71.0 Å². The molecule has 0 bridgehead atoms. The van der Waals surface area contributed by atoms with Gasteiger partial charge in [0.15, 0.2) is 0 Å². The third-order valence-corrected chi connectivity index (χ3v) is 3.17. The smallest absolute Gasteiger partial charge is 0.248 e. The van der Waals surface area contributed by atoms with Crippen LogP contribution in [0.3, 0.4) is 0 Å². The number of carbonyl (C=O) groups excluding carboxylic acids is 1. The SMILES string of the molecule is NC(=O)c1ccc(F)c(CNCC(O)c2ccccc2)c1. The highest BCUT2D eigenvalue weighted by molar-refractivity contribution is 5.92. The molecular weight excluding hydrogens is 271 g/mol. The molecule has 0 saturated carbocycles. The van der Waals surface area contributed by atoms with Crippen molar-refractivity contribution in [3.8, 4) is 0 Å². The zero-order valence-corrected chi connectivity index (χ0v) is 11.4. The molecule has 0 fully saturated rings. The van der Waals surface area contributed by atoms with Gasteiger partial charge in [-0.2, -0.15) is 0 Å². The number of nitrogens with two attached hydrogens (primary N) is 1. The lowest BCUT2D eigenvalue weighted by Gasteiger charge is -2.12. The van der Waals surface area contributed by atoms with Crippen LogP contribution in [0.4, 0.5) is 4.39 Å². The second-order valence-corrected chi connectivity index (χ2v) is 4.73. The summed E-state index contributed by atoms with van der Waals surface area (Å²) < 4.78 is 13.6. The Hall–Kier alpha value is -2.24. The van der Waals surface area contributed by atoms with Crippen molar-refractivity contribution in [1.29, 1.82) is 0 Å². The fourth-order valence-corrected chi connectivity index (χ4v) is 2.00. The Morgan fingerprint density at radius 3 is 2.62 bits per heavy atom. The number of primary amides is 1. The monoisotopic (exact) mass is 288 g/mol. The molecule has 0 saturated heterocycles. The number of hydrogen-bond donors (Lipinski definition) is 3.